The van der Waals surface area contributed by atoms with E-state index in [0.29, 0.717) is 23.2 Å². The van der Waals surface area contributed by atoms with E-state index in [1.54, 1.807) is 24.1 Å². The van der Waals surface area contributed by atoms with Gasteiger partial charge in [0.15, 0.2) is 5.17 Å². The van der Waals surface area contributed by atoms with Crippen molar-refractivity contribution in [1.29, 1.82) is 0 Å². The number of nitrogens with zero attached hydrogens (tertiary/aromatic N) is 4. The molecule has 1 aliphatic heterocycles. The number of carbonyl (C=O) groups excluding carboxylic acids is 1. The minimum Gasteiger partial charge on any atom is -0.497 e. The van der Waals surface area contributed by atoms with E-state index in [1.165, 1.54) is 17.8 Å². The van der Waals surface area contributed by atoms with Crippen molar-refractivity contribution in [3.63, 3.8) is 0 Å². The molecule has 0 radical (unpaired) electrons. The summed E-state index contributed by atoms with van der Waals surface area (Å²) < 4.78 is 7.26. The largest absolute Gasteiger partial charge is 0.497 e. The van der Waals surface area contributed by atoms with Gasteiger partial charge in [-0.3, -0.25) is 19.8 Å². The van der Waals surface area contributed by atoms with E-state index in [9.17, 15) is 14.9 Å². The SMILES string of the molecule is CCN1C(=O)/C(=C\c2cn(Cc3cccc([N+](=O)[O-])c3)c3ccccc23)SC1=Nc1ccc(OC)cc1. The Morgan fingerprint density at radius 2 is 1.86 bits per heavy atom. The van der Waals surface area contributed by atoms with Crippen LogP contribution in [0.2, 0.25) is 0 Å². The predicted octanol–water partition coefficient (Wildman–Crippen LogP) is 6.23. The van der Waals surface area contributed by atoms with Crippen molar-refractivity contribution in [2.75, 3.05) is 13.7 Å². The summed E-state index contributed by atoms with van der Waals surface area (Å²) in [7, 11) is 1.61. The Kier molecular flexibility index (Phi) is 6.78. The lowest BCUT2D eigenvalue weighted by molar-refractivity contribution is -0.384. The fourth-order valence-corrected chi connectivity index (χ4v) is 5.32. The number of nitro groups is 1. The number of thioether (sulfide) groups is 1. The Hall–Kier alpha value is -4.37. The number of benzene rings is 3. The molecule has 9 heteroatoms. The van der Waals surface area contributed by atoms with Crippen molar-refractivity contribution in [2.24, 2.45) is 4.99 Å². The van der Waals surface area contributed by atoms with E-state index in [1.807, 2.05) is 73.8 Å². The molecule has 1 aliphatic rings. The first-order chi connectivity index (χ1) is 18.0. The summed E-state index contributed by atoms with van der Waals surface area (Å²) in [5, 5.41) is 12.8. The molecule has 2 heterocycles. The lowest BCUT2D eigenvalue weighted by Crippen LogP contribution is -2.28. The first-order valence-corrected chi connectivity index (χ1v) is 12.5. The Morgan fingerprint density at radius 3 is 2.59 bits per heavy atom. The van der Waals surface area contributed by atoms with Gasteiger partial charge in [-0.05, 0) is 60.7 Å². The van der Waals surface area contributed by atoms with Gasteiger partial charge in [0.1, 0.15) is 5.75 Å². The number of methoxy groups -OCH3 is 1. The van der Waals surface area contributed by atoms with E-state index in [0.717, 1.165) is 33.5 Å². The normalized spacial score (nSPS) is 15.7. The van der Waals surface area contributed by atoms with E-state index in [-0.39, 0.29) is 16.5 Å². The summed E-state index contributed by atoms with van der Waals surface area (Å²) in [6.07, 6.45) is 3.89. The standard InChI is InChI=1S/C28H24N4O4S/c1-3-31-27(33)26(37-28(31)29-21-11-13-23(36-2)14-12-21)16-20-18-30(25-10-5-4-9-24(20)25)17-19-7-6-8-22(15-19)32(34)35/h4-16,18H,3,17H2,1-2H3/b26-16+,29-28?. The molecule has 0 N–H and O–H groups in total. The van der Waals surface area contributed by atoms with E-state index in [2.05, 4.69) is 4.57 Å². The van der Waals surface area contributed by atoms with Crippen LogP contribution in [0.1, 0.15) is 18.1 Å². The number of hydrogen-bond acceptors (Lipinski definition) is 6. The van der Waals surface area contributed by atoms with Crippen molar-refractivity contribution >= 4 is 51.2 Å². The zero-order valence-corrected chi connectivity index (χ0v) is 21.1. The van der Waals surface area contributed by atoms with Crippen molar-refractivity contribution in [3.8, 4) is 5.75 Å². The molecular formula is C28H24N4O4S. The molecule has 8 nitrogen and oxygen atoms in total. The van der Waals surface area contributed by atoms with Gasteiger partial charge in [0.25, 0.3) is 11.6 Å². The summed E-state index contributed by atoms with van der Waals surface area (Å²) in [6, 6.07) is 22.0. The summed E-state index contributed by atoms with van der Waals surface area (Å²) in [5.74, 6) is 0.656. The first kappa shape index (κ1) is 24.3. The van der Waals surface area contributed by atoms with Gasteiger partial charge in [-0.1, -0.05) is 30.3 Å². The molecule has 0 atom stereocenters. The molecule has 0 spiro atoms. The molecule has 1 amide bonds. The van der Waals surface area contributed by atoms with Crippen LogP contribution in [0.25, 0.3) is 17.0 Å². The number of likely N-dealkylation sites (N-methyl/N-ethyl adjacent to an activating group) is 1. The number of non-ortho nitro benzene ring substituents is 1. The first-order valence-electron chi connectivity index (χ1n) is 11.7. The molecular weight excluding hydrogens is 488 g/mol. The smallest absolute Gasteiger partial charge is 0.269 e. The minimum atomic E-state index is -0.388. The second-order valence-corrected chi connectivity index (χ2v) is 9.42. The van der Waals surface area contributed by atoms with Crippen molar-refractivity contribution in [2.45, 2.75) is 13.5 Å². The van der Waals surface area contributed by atoms with E-state index >= 15 is 0 Å². The summed E-state index contributed by atoms with van der Waals surface area (Å²) in [4.78, 5) is 31.0. The van der Waals surface area contributed by atoms with Gasteiger partial charge in [-0.15, -0.1) is 0 Å². The number of hydrogen-bond donors (Lipinski definition) is 0. The van der Waals surface area contributed by atoms with Gasteiger partial charge >= 0.3 is 0 Å². The number of fused-ring (bicyclic) bond motifs is 1. The van der Waals surface area contributed by atoms with Crippen LogP contribution in [0.15, 0.2) is 88.9 Å². The molecule has 37 heavy (non-hydrogen) atoms. The fourth-order valence-electron chi connectivity index (χ4n) is 4.26. The Balaban J connectivity index is 1.49. The highest BCUT2D eigenvalue weighted by Gasteiger charge is 2.32. The lowest BCUT2D eigenvalue weighted by Gasteiger charge is -2.12. The summed E-state index contributed by atoms with van der Waals surface area (Å²) in [5.41, 5.74) is 3.51. The number of aromatic nitrogens is 1. The van der Waals surface area contributed by atoms with Crippen LogP contribution in [0.3, 0.4) is 0 Å². The maximum Gasteiger partial charge on any atom is 0.269 e. The molecule has 186 valence electrons. The van der Waals surface area contributed by atoms with Crippen molar-refractivity contribution < 1.29 is 14.5 Å². The van der Waals surface area contributed by atoms with Crippen molar-refractivity contribution in [1.82, 2.24) is 9.47 Å². The molecule has 5 rings (SSSR count). The van der Waals surface area contributed by atoms with Gasteiger partial charge in [-0.25, -0.2) is 4.99 Å². The average molecular weight is 513 g/mol. The maximum absolute atomic E-state index is 13.2. The summed E-state index contributed by atoms with van der Waals surface area (Å²) >= 11 is 1.35. The number of carbonyl (C=O) groups is 1. The van der Waals surface area contributed by atoms with Gasteiger partial charge in [0, 0.05) is 47.9 Å². The lowest BCUT2D eigenvalue weighted by atomic mass is 10.1. The number of rotatable bonds is 7. The molecule has 1 aromatic heterocycles. The molecule has 0 unspecified atom stereocenters. The third kappa shape index (κ3) is 4.99. The third-order valence-corrected chi connectivity index (χ3v) is 7.09. The number of para-hydroxylation sites is 1. The fraction of sp³-hybridized carbons (Fsp3) is 0.143. The topological polar surface area (TPSA) is 90.0 Å². The minimum absolute atomic E-state index is 0.0626. The maximum atomic E-state index is 13.2. The Morgan fingerprint density at radius 1 is 1.08 bits per heavy atom. The number of aliphatic imine (C=N–C) groups is 1. The second-order valence-electron chi connectivity index (χ2n) is 8.41. The van der Waals surface area contributed by atoms with Crippen LogP contribution in [-0.2, 0) is 11.3 Å². The van der Waals surface area contributed by atoms with Gasteiger partial charge in [0.2, 0.25) is 0 Å². The number of amidine groups is 1. The van der Waals surface area contributed by atoms with Gasteiger partial charge in [-0.2, -0.15) is 0 Å². The van der Waals surface area contributed by atoms with Crippen molar-refractivity contribution in [3.05, 3.63) is 105 Å². The number of nitro benzene ring substituents is 1. The quantitative estimate of drug-likeness (QED) is 0.166. The van der Waals surface area contributed by atoms with E-state index in [4.69, 9.17) is 9.73 Å². The van der Waals surface area contributed by atoms with Crippen LogP contribution >= 0.6 is 11.8 Å². The number of amides is 1. The molecule has 0 aliphatic carbocycles. The monoisotopic (exact) mass is 512 g/mol. The molecule has 0 bridgehead atoms. The Bertz CT molecular complexity index is 1560. The highest BCUT2D eigenvalue weighted by Crippen LogP contribution is 2.36. The van der Waals surface area contributed by atoms with Crippen LogP contribution < -0.4 is 4.74 Å². The molecule has 1 saturated heterocycles. The van der Waals surface area contributed by atoms with E-state index < -0.39 is 0 Å². The Labute approximate surface area is 218 Å². The third-order valence-electron chi connectivity index (χ3n) is 6.08. The highest BCUT2D eigenvalue weighted by molar-refractivity contribution is 8.18. The molecule has 3 aromatic carbocycles. The zero-order chi connectivity index (χ0) is 25.9. The molecule has 4 aromatic rings. The molecule has 1 fully saturated rings. The summed E-state index contributed by atoms with van der Waals surface area (Å²) in [6.45, 7) is 2.90. The zero-order valence-electron chi connectivity index (χ0n) is 20.3. The average Bonchev–Trinajstić information content (AvgIpc) is 3.41. The van der Waals surface area contributed by atoms with Crippen LogP contribution in [0.4, 0.5) is 11.4 Å². The van der Waals surface area contributed by atoms with Crippen LogP contribution in [0.5, 0.6) is 5.75 Å². The highest BCUT2D eigenvalue weighted by atomic mass is 32.2. The molecule has 0 saturated carbocycles. The number of ether oxygens (including phenoxy) is 1. The van der Waals surface area contributed by atoms with Crippen LogP contribution in [-0.4, -0.2) is 39.1 Å². The van der Waals surface area contributed by atoms with Crippen LogP contribution in [0, 0.1) is 10.1 Å². The predicted molar refractivity (Wildman–Crippen MR) is 147 cm³/mol. The second kappa shape index (κ2) is 10.3. The van der Waals surface area contributed by atoms with Gasteiger partial charge < -0.3 is 9.30 Å². The van der Waals surface area contributed by atoms with Gasteiger partial charge in [0.05, 0.1) is 22.6 Å².